The van der Waals surface area contributed by atoms with Gasteiger partial charge in [-0.1, -0.05) is 30.3 Å². The molecule has 1 N–H and O–H groups in total. The molecule has 0 saturated carbocycles. The van der Waals surface area contributed by atoms with Gasteiger partial charge in [0.2, 0.25) is 5.91 Å². The summed E-state index contributed by atoms with van der Waals surface area (Å²) in [6.07, 6.45) is 0.375. The van der Waals surface area contributed by atoms with Crippen LogP contribution in [0.25, 0.3) is 0 Å². The second-order valence-corrected chi connectivity index (χ2v) is 6.14. The summed E-state index contributed by atoms with van der Waals surface area (Å²) in [4.78, 5) is 14.4. The minimum absolute atomic E-state index is 0.0342. The predicted octanol–water partition coefficient (Wildman–Crippen LogP) is 2.00. The lowest BCUT2D eigenvalue weighted by molar-refractivity contribution is -0.120. The molecule has 1 atom stereocenters. The molecule has 1 amide bonds. The first-order chi connectivity index (χ1) is 10.9. The molecule has 2 rings (SSSR count). The van der Waals surface area contributed by atoms with Gasteiger partial charge in [0, 0.05) is 24.8 Å². The molecule has 23 heavy (non-hydrogen) atoms. The van der Waals surface area contributed by atoms with E-state index in [1.54, 1.807) is 0 Å². The Labute approximate surface area is 138 Å². The fourth-order valence-corrected chi connectivity index (χ4v) is 2.78. The third kappa shape index (κ3) is 4.20. The zero-order valence-electron chi connectivity index (χ0n) is 14.6. The van der Waals surface area contributed by atoms with Crippen molar-refractivity contribution in [2.24, 2.45) is 7.05 Å². The lowest BCUT2D eigenvalue weighted by atomic mass is 10.1. The van der Waals surface area contributed by atoms with Crippen LogP contribution in [0.3, 0.4) is 0 Å². The smallest absolute Gasteiger partial charge is 0.224 e. The normalized spacial score (nSPS) is 12.4. The Morgan fingerprint density at radius 2 is 1.91 bits per heavy atom. The fraction of sp³-hybridized carbons (Fsp3) is 0.444. The van der Waals surface area contributed by atoms with Gasteiger partial charge >= 0.3 is 0 Å². The van der Waals surface area contributed by atoms with Gasteiger partial charge in [0.25, 0.3) is 0 Å². The first-order valence-electron chi connectivity index (χ1n) is 7.87. The predicted molar refractivity (Wildman–Crippen MR) is 92.3 cm³/mol. The number of amides is 1. The number of carbonyl (C=O) groups is 1. The second-order valence-electron chi connectivity index (χ2n) is 6.14. The van der Waals surface area contributed by atoms with Crippen molar-refractivity contribution in [2.75, 3.05) is 20.6 Å². The van der Waals surface area contributed by atoms with Crippen molar-refractivity contribution in [3.63, 3.8) is 0 Å². The minimum atomic E-state index is 0.0342. The number of likely N-dealkylation sites (N-methyl/N-ethyl adjacent to an activating group) is 1. The Balaban J connectivity index is 2.00. The molecule has 0 unspecified atom stereocenters. The summed E-state index contributed by atoms with van der Waals surface area (Å²) in [6.45, 7) is 4.53. The van der Waals surface area contributed by atoms with Crippen LogP contribution >= 0.6 is 0 Å². The van der Waals surface area contributed by atoms with Gasteiger partial charge in [0.15, 0.2) is 0 Å². The Hall–Kier alpha value is -2.14. The number of nitrogens with one attached hydrogen (secondary N) is 1. The Bertz CT molecular complexity index is 661. The van der Waals surface area contributed by atoms with Gasteiger partial charge in [-0.15, -0.1) is 0 Å². The largest absolute Gasteiger partial charge is 0.354 e. The lowest BCUT2D eigenvalue weighted by Gasteiger charge is -2.25. The van der Waals surface area contributed by atoms with Crippen molar-refractivity contribution in [2.45, 2.75) is 26.3 Å². The van der Waals surface area contributed by atoms with E-state index in [1.165, 1.54) is 5.56 Å². The van der Waals surface area contributed by atoms with E-state index in [0.29, 0.717) is 13.0 Å². The van der Waals surface area contributed by atoms with E-state index in [9.17, 15) is 4.79 Å². The van der Waals surface area contributed by atoms with Crippen LogP contribution in [0.2, 0.25) is 0 Å². The molecule has 0 aliphatic heterocycles. The number of hydrogen-bond acceptors (Lipinski definition) is 3. The van der Waals surface area contributed by atoms with Crippen LogP contribution in [-0.4, -0.2) is 41.2 Å². The third-order valence-electron chi connectivity index (χ3n) is 4.30. The fourth-order valence-electron chi connectivity index (χ4n) is 2.78. The van der Waals surface area contributed by atoms with Crippen LogP contribution in [0.4, 0.5) is 0 Å². The van der Waals surface area contributed by atoms with Gasteiger partial charge in [0.05, 0.1) is 18.2 Å². The number of aryl methyl sites for hydroxylation is 2. The molecule has 0 aliphatic rings. The number of nitrogens with zero attached hydrogens (tertiary/aromatic N) is 3. The summed E-state index contributed by atoms with van der Waals surface area (Å²) < 4.78 is 1.82. The summed E-state index contributed by atoms with van der Waals surface area (Å²) in [5.41, 5.74) is 4.19. The van der Waals surface area contributed by atoms with Gasteiger partial charge < -0.3 is 10.2 Å². The number of carbonyl (C=O) groups excluding carboxylic acids is 1. The van der Waals surface area contributed by atoms with Crippen molar-refractivity contribution >= 4 is 5.91 Å². The molecular formula is C18H26N4O. The molecule has 1 heterocycles. The molecule has 0 radical (unpaired) electrons. The zero-order valence-corrected chi connectivity index (χ0v) is 14.6. The van der Waals surface area contributed by atoms with Crippen molar-refractivity contribution < 1.29 is 4.79 Å². The van der Waals surface area contributed by atoms with Crippen LogP contribution in [-0.2, 0) is 18.3 Å². The quantitative estimate of drug-likeness (QED) is 0.887. The summed E-state index contributed by atoms with van der Waals surface area (Å²) >= 11 is 0. The number of rotatable bonds is 6. The van der Waals surface area contributed by atoms with Gasteiger partial charge in [-0.2, -0.15) is 5.10 Å². The van der Waals surface area contributed by atoms with Crippen LogP contribution in [0.1, 0.15) is 28.6 Å². The number of benzene rings is 1. The van der Waals surface area contributed by atoms with E-state index in [2.05, 4.69) is 27.4 Å². The SMILES string of the molecule is Cc1nn(C)c(C)c1CC(=O)NC[C@H](c1ccccc1)N(C)C. The number of hydrogen-bond donors (Lipinski definition) is 1. The van der Waals surface area contributed by atoms with E-state index < -0.39 is 0 Å². The van der Waals surface area contributed by atoms with Gasteiger partial charge in [-0.05, 0) is 33.5 Å². The summed E-state index contributed by atoms with van der Waals surface area (Å²) in [5, 5.41) is 7.42. The Kier molecular flexibility index (Phi) is 5.55. The maximum atomic E-state index is 12.3. The Morgan fingerprint density at radius 3 is 2.43 bits per heavy atom. The average Bonchev–Trinajstić information content (AvgIpc) is 2.74. The van der Waals surface area contributed by atoms with E-state index in [4.69, 9.17) is 0 Å². The zero-order chi connectivity index (χ0) is 17.0. The van der Waals surface area contributed by atoms with Crippen molar-refractivity contribution in [1.29, 1.82) is 0 Å². The standard InChI is InChI=1S/C18H26N4O/c1-13-16(14(2)22(5)20-13)11-18(23)19-12-17(21(3)4)15-9-7-6-8-10-15/h6-10,17H,11-12H2,1-5H3,(H,19,23)/t17-/m1/s1. The molecule has 0 aliphatic carbocycles. The molecule has 0 bridgehead atoms. The van der Waals surface area contributed by atoms with Crippen LogP contribution in [0.5, 0.6) is 0 Å². The highest BCUT2D eigenvalue weighted by Gasteiger charge is 2.17. The third-order valence-corrected chi connectivity index (χ3v) is 4.30. The summed E-state index contributed by atoms with van der Waals surface area (Å²) in [6, 6.07) is 10.4. The average molecular weight is 314 g/mol. The maximum Gasteiger partial charge on any atom is 0.224 e. The number of aromatic nitrogens is 2. The molecule has 1 aromatic carbocycles. The molecule has 0 saturated heterocycles. The topological polar surface area (TPSA) is 50.2 Å². The van der Waals surface area contributed by atoms with E-state index >= 15 is 0 Å². The summed E-state index contributed by atoms with van der Waals surface area (Å²) in [7, 11) is 5.96. The monoisotopic (exact) mass is 314 g/mol. The molecule has 0 spiro atoms. The minimum Gasteiger partial charge on any atom is -0.354 e. The highest BCUT2D eigenvalue weighted by Crippen LogP contribution is 2.17. The molecule has 5 nitrogen and oxygen atoms in total. The first kappa shape index (κ1) is 17.2. The van der Waals surface area contributed by atoms with E-state index in [1.807, 2.05) is 57.9 Å². The maximum absolute atomic E-state index is 12.3. The highest BCUT2D eigenvalue weighted by atomic mass is 16.1. The Morgan fingerprint density at radius 1 is 1.26 bits per heavy atom. The van der Waals surface area contributed by atoms with Gasteiger partial charge in [-0.25, -0.2) is 0 Å². The molecule has 5 heteroatoms. The van der Waals surface area contributed by atoms with E-state index in [-0.39, 0.29) is 11.9 Å². The second kappa shape index (κ2) is 7.42. The van der Waals surface area contributed by atoms with E-state index in [0.717, 1.165) is 17.0 Å². The molecular weight excluding hydrogens is 288 g/mol. The van der Waals surface area contributed by atoms with Gasteiger partial charge in [0.1, 0.15) is 0 Å². The molecule has 1 aromatic heterocycles. The highest BCUT2D eigenvalue weighted by molar-refractivity contribution is 5.79. The van der Waals surface area contributed by atoms with Crippen molar-refractivity contribution in [3.8, 4) is 0 Å². The molecule has 2 aromatic rings. The van der Waals surface area contributed by atoms with Crippen molar-refractivity contribution in [1.82, 2.24) is 20.0 Å². The van der Waals surface area contributed by atoms with Gasteiger partial charge in [-0.3, -0.25) is 9.48 Å². The van der Waals surface area contributed by atoms with Crippen molar-refractivity contribution in [3.05, 3.63) is 52.8 Å². The van der Waals surface area contributed by atoms with Crippen LogP contribution in [0.15, 0.2) is 30.3 Å². The molecule has 0 fully saturated rings. The lowest BCUT2D eigenvalue weighted by Crippen LogP contribution is -2.35. The summed E-state index contributed by atoms with van der Waals surface area (Å²) in [5.74, 6) is 0.0342. The molecule has 124 valence electrons. The van der Waals surface area contributed by atoms with Crippen LogP contribution in [0, 0.1) is 13.8 Å². The first-order valence-corrected chi connectivity index (χ1v) is 7.87. The van der Waals surface area contributed by atoms with Crippen LogP contribution < -0.4 is 5.32 Å².